The Kier molecular flexibility index (Phi) is 8.81. The van der Waals surface area contributed by atoms with E-state index >= 15 is 0 Å². The van der Waals surface area contributed by atoms with E-state index < -0.39 is 5.97 Å². The summed E-state index contributed by atoms with van der Waals surface area (Å²) in [7, 11) is 0. The van der Waals surface area contributed by atoms with Gasteiger partial charge in [-0.25, -0.2) is 9.18 Å². The number of hydrogen-bond acceptors (Lipinski definition) is 5. The summed E-state index contributed by atoms with van der Waals surface area (Å²) >= 11 is 3.01. The average Bonchev–Trinajstić information content (AvgIpc) is 3.34. The van der Waals surface area contributed by atoms with Gasteiger partial charge in [0.15, 0.2) is 0 Å². The van der Waals surface area contributed by atoms with Gasteiger partial charge in [-0.15, -0.1) is 22.7 Å². The van der Waals surface area contributed by atoms with Crippen LogP contribution in [-0.4, -0.2) is 24.2 Å². The predicted octanol–water partition coefficient (Wildman–Crippen LogP) is 7.67. The zero-order valence-corrected chi connectivity index (χ0v) is 20.4. The minimum Gasteiger partial charge on any atom is -0.477 e. The molecule has 0 unspecified atom stereocenters. The van der Waals surface area contributed by atoms with Gasteiger partial charge in [-0.05, 0) is 54.8 Å². The second-order valence-corrected chi connectivity index (χ2v) is 9.97. The van der Waals surface area contributed by atoms with Crippen molar-refractivity contribution >= 4 is 62.0 Å². The van der Waals surface area contributed by atoms with Crippen molar-refractivity contribution in [1.82, 2.24) is 0 Å². The number of hydrogen-bond donors (Lipinski definition) is 1. The monoisotopic (exact) mass is 482 g/mol. The molecule has 0 aliphatic heterocycles. The molecular formula is C26H27FN2O2S2. The van der Waals surface area contributed by atoms with Gasteiger partial charge in [-0.3, -0.25) is 0 Å². The fourth-order valence-electron chi connectivity index (χ4n) is 3.42. The number of carbonyl (C=O) groups is 1. The van der Waals surface area contributed by atoms with Crippen molar-refractivity contribution in [2.45, 2.75) is 39.5 Å². The topological polar surface area (TPSA) is 64.3 Å². The fraction of sp³-hybridized carbons (Fsp3) is 0.308. The maximum Gasteiger partial charge on any atom is 0.346 e. The zero-order chi connectivity index (χ0) is 23.8. The number of anilines is 1. The summed E-state index contributed by atoms with van der Waals surface area (Å²) < 4.78 is 16.9. The smallest absolute Gasteiger partial charge is 0.346 e. The molecular weight excluding hydrogens is 455 g/mol. The van der Waals surface area contributed by atoms with Crippen LogP contribution in [0.5, 0.6) is 0 Å². The van der Waals surface area contributed by atoms with Gasteiger partial charge in [-0.2, -0.15) is 5.26 Å². The summed E-state index contributed by atoms with van der Waals surface area (Å²) in [6.07, 6.45) is 9.52. The number of benzene rings is 1. The van der Waals surface area contributed by atoms with E-state index in [1.165, 1.54) is 17.4 Å². The first-order valence-corrected chi connectivity index (χ1v) is 12.7. The van der Waals surface area contributed by atoms with Crippen LogP contribution in [0.2, 0.25) is 0 Å². The second-order valence-electron chi connectivity index (χ2n) is 7.74. The van der Waals surface area contributed by atoms with Crippen molar-refractivity contribution in [3.05, 3.63) is 57.0 Å². The van der Waals surface area contributed by atoms with E-state index in [-0.39, 0.29) is 11.4 Å². The lowest BCUT2D eigenvalue weighted by atomic mass is 10.1. The van der Waals surface area contributed by atoms with E-state index in [1.807, 2.05) is 36.4 Å². The van der Waals surface area contributed by atoms with Crippen molar-refractivity contribution in [2.75, 3.05) is 18.0 Å². The Hall–Kier alpha value is -2.95. The average molecular weight is 483 g/mol. The van der Waals surface area contributed by atoms with Crippen LogP contribution >= 0.6 is 22.7 Å². The number of fused-ring (bicyclic) bond motifs is 1. The molecule has 0 saturated carbocycles. The summed E-state index contributed by atoms with van der Waals surface area (Å²) in [5, 5.41) is 17.9. The minimum absolute atomic E-state index is 0.195. The van der Waals surface area contributed by atoms with Crippen molar-refractivity contribution in [2.24, 2.45) is 0 Å². The lowest BCUT2D eigenvalue weighted by molar-refractivity contribution is -0.132. The first-order chi connectivity index (χ1) is 15.9. The Morgan fingerprint density at radius 2 is 1.70 bits per heavy atom. The number of unbranched alkanes of at least 4 members (excludes halogenated alkanes) is 2. The molecule has 0 atom stereocenters. The number of carboxylic acid groups (broad SMARTS) is 1. The highest BCUT2D eigenvalue weighted by molar-refractivity contribution is 7.28. The van der Waals surface area contributed by atoms with Crippen LogP contribution in [0.4, 0.5) is 10.1 Å². The molecule has 2 aromatic heterocycles. The number of aliphatic carboxylic acids is 1. The zero-order valence-electron chi connectivity index (χ0n) is 18.8. The normalized spacial score (nSPS) is 11.9. The van der Waals surface area contributed by atoms with Crippen molar-refractivity contribution < 1.29 is 14.3 Å². The van der Waals surface area contributed by atoms with Crippen LogP contribution in [0, 0.1) is 17.1 Å². The highest BCUT2D eigenvalue weighted by atomic mass is 32.1. The SMILES string of the molecule is CCCCN(CCCC)c1ccc(/C=C/c2cc3sc(/C=C(\C#N)C(=O)O)cc3s2)cc1F. The molecule has 3 aromatic rings. The number of halogens is 1. The molecule has 3 rings (SSSR count). The van der Waals surface area contributed by atoms with Gasteiger partial charge in [-0.1, -0.05) is 38.8 Å². The van der Waals surface area contributed by atoms with Gasteiger partial charge in [0.25, 0.3) is 0 Å². The number of carboxylic acids is 1. The van der Waals surface area contributed by atoms with E-state index in [2.05, 4.69) is 18.7 Å². The number of thiophene rings is 2. The van der Waals surface area contributed by atoms with Gasteiger partial charge in [0.1, 0.15) is 17.5 Å². The van der Waals surface area contributed by atoms with E-state index in [4.69, 9.17) is 10.4 Å². The predicted molar refractivity (Wildman–Crippen MR) is 138 cm³/mol. The Labute approximate surface area is 201 Å². The molecule has 0 aliphatic rings. The molecule has 1 aromatic carbocycles. The van der Waals surface area contributed by atoms with Crippen molar-refractivity contribution in [3.63, 3.8) is 0 Å². The minimum atomic E-state index is -1.23. The molecule has 0 saturated heterocycles. The molecule has 4 nitrogen and oxygen atoms in total. The van der Waals surface area contributed by atoms with Gasteiger partial charge in [0.2, 0.25) is 0 Å². The highest BCUT2D eigenvalue weighted by Crippen LogP contribution is 2.35. The van der Waals surface area contributed by atoms with E-state index in [0.717, 1.165) is 63.5 Å². The standard InChI is InChI=1S/C26H27FN2O2S2/c1-3-5-11-29(12-6-4-2)23-10-8-18(13-22(23)27)7-9-20-15-24-25(32-20)16-21(33-24)14-19(17-28)26(30)31/h7-10,13-16H,3-6,11-12H2,1-2H3,(H,30,31)/b9-7+,19-14+. The van der Waals surface area contributed by atoms with Crippen LogP contribution in [0.15, 0.2) is 35.9 Å². The number of nitriles is 1. The van der Waals surface area contributed by atoms with E-state index in [1.54, 1.807) is 23.5 Å². The molecule has 0 amide bonds. The third-order valence-electron chi connectivity index (χ3n) is 5.20. The van der Waals surface area contributed by atoms with Crippen LogP contribution in [0.25, 0.3) is 27.6 Å². The Morgan fingerprint density at radius 1 is 1.06 bits per heavy atom. The molecule has 0 radical (unpaired) electrons. The third kappa shape index (κ3) is 6.53. The van der Waals surface area contributed by atoms with E-state index in [0.29, 0.717) is 5.69 Å². The molecule has 0 aliphatic carbocycles. The maximum absolute atomic E-state index is 14.9. The molecule has 7 heteroatoms. The molecule has 172 valence electrons. The lowest BCUT2D eigenvalue weighted by Gasteiger charge is -2.25. The summed E-state index contributed by atoms with van der Waals surface area (Å²) in [5.74, 6) is -1.42. The van der Waals surface area contributed by atoms with Crippen molar-refractivity contribution in [1.29, 1.82) is 5.26 Å². The Balaban J connectivity index is 1.75. The molecule has 1 N–H and O–H groups in total. The summed E-state index contributed by atoms with van der Waals surface area (Å²) in [6.45, 7) is 6.03. The number of nitrogens with zero attached hydrogens (tertiary/aromatic N) is 2. The van der Waals surface area contributed by atoms with E-state index in [9.17, 15) is 9.18 Å². The quantitative estimate of drug-likeness (QED) is 0.225. The second kappa shape index (κ2) is 11.8. The largest absolute Gasteiger partial charge is 0.477 e. The van der Waals surface area contributed by atoms with Crippen molar-refractivity contribution in [3.8, 4) is 6.07 Å². The Bertz CT molecular complexity index is 1180. The molecule has 0 fully saturated rings. The maximum atomic E-state index is 14.9. The van der Waals surface area contributed by atoms with Gasteiger partial charge >= 0.3 is 5.97 Å². The van der Waals surface area contributed by atoms with Gasteiger partial charge in [0, 0.05) is 32.2 Å². The first-order valence-electron chi connectivity index (χ1n) is 11.1. The molecule has 0 spiro atoms. The summed E-state index contributed by atoms with van der Waals surface area (Å²) in [6, 6.07) is 11.0. The fourth-order valence-corrected chi connectivity index (χ4v) is 5.69. The summed E-state index contributed by atoms with van der Waals surface area (Å²) in [5.41, 5.74) is 1.20. The van der Waals surface area contributed by atoms with Crippen LogP contribution < -0.4 is 4.90 Å². The Morgan fingerprint density at radius 3 is 2.27 bits per heavy atom. The first kappa shape index (κ1) is 24.7. The third-order valence-corrected chi connectivity index (χ3v) is 7.40. The lowest BCUT2D eigenvalue weighted by Crippen LogP contribution is -2.26. The molecule has 2 heterocycles. The van der Waals surface area contributed by atoms with Crippen LogP contribution in [0.1, 0.15) is 54.8 Å². The van der Waals surface area contributed by atoms with Crippen LogP contribution in [-0.2, 0) is 4.79 Å². The van der Waals surface area contributed by atoms with Gasteiger partial charge < -0.3 is 10.0 Å². The summed E-state index contributed by atoms with van der Waals surface area (Å²) in [4.78, 5) is 14.9. The van der Waals surface area contributed by atoms with Crippen LogP contribution in [0.3, 0.4) is 0 Å². The highest BCUT2D eigenvalue weighted by Gasteiger charge is 2.12. The number of rotatable bonds is 11. The molecule has 33 heavy (non-hydrogen) atoms. The van der Waals surface area contributed by atoms with Gasteiger partial charge in [0.05, 0.1) is 5.69 Å². The molecule has 0 bridgehead atoms.